The number of nitrogens with two attached hydrogens (primary N) is 1. The van der Waals surface area contributed by atoms with Gasteiger partial charge in [0.1, 0.15) is 0 Å². The van der Waals surface area contributed by atoms with Crippen molar-refractivity contribution in [1.29, 1.82) is 0 Å². The van der Waals surface area contributed by atoms with Gasteiger partial charge in [-0.3, -0.25) is 4.79 Å². The van der Waals surface area contributed by atoms with Crippen molar-refractivity contribution in [2.45, 2.75) is 25.8 Å². The highest BCUT2D eigenvalue weighted by molar-refractivity contribution is 5.95. The first-order chi connectivity index (χ1) is 7.68. The second-order valence-electron chi connectivity index (χ2n) is 4.47. The van der Waals surface area contributed by atoms with Gasteiger partial charge in [0.2, 0.25) is 0 Å². The van der Waals surface area contributed by atoms with Crippen LogP contribution in [0.1, 0.15) is 28.8 Å². The van der Waals surface area contributed by atoms with E-state index in [1.807, 2.05) is 36.1 Å². The van der Waals surface area contributed by atoms with Crippen molar-refractivity contribution in [1.82, 2.24) is 4.90 Å². The Morgan fingerprint density at radius 1 is 1.41 bits per heavy atom. The third kappa shape index (κ3) is 3.20. The molecule has 2 N–H and O–H groups in total. The van der Waals surface area contributed by atoms with E-state index in [1.54, 1.807) is 0 Å². The number of aryl methyl sites for hydroxylation is 1. The fourth-order valence-corrected chi connectivity index (χ4v) is 2.18. The van der Waals surface area contributed by atoms with Gasteiger partial charge in [0.15, 0.2) is 0 Å². The highest BCUT2D eigenvalue weighted by Crippen LogP contribution is 2.15. The van der Waals surface area contributed by atoms with Gasteiger partial charge in [0.25, 0.3) is 5.91 Å². The third-order valence-corrected chi connectivity index (χ3v) is 3.12. The number of hydrogen-bond donors (Lipinski definition) is 1. The Morgan fingerprint density at radius 2 is 2.12 bits per heavy atom. The molecular weight excluding hydrogens is 236 g/mol. The summed E-state index contributed by atoms with van der Waals surface area (Å²) in [6, 6.07) is 7.86. The first-order valence-electron chi connectivity index (χ1n) is 5.79. The molecule has 1 aliphatic heterocycles. The quantitative estimate of drug-likeness (QED) is 0.833. The van der Waals surface area contributed by atoms with Gasteiger partial charge in [-0.15, -0.1) is 12.4 Å². The van der Waals surface area contributed by atoms with Crippen LogP contribution in [-0.2, 0) is 0 Å². The molecule has 0 aliphatic carbocycles. The molecule has 0 saturated carbocycles. The Labute approximate surface area is 108 Å². The van der Waals surface area contributed by atoms with E-state index in [4.69, 9.17) is 5.73 Å². The van der Waals surface area contributed by atoms with E-state index in [0.29, 0.717) is 6.54 Å². The Balaban J connectivity index is 0.00000144. The largest absolute Gasteiger partial charge is 0.337 e. The maximum absolute atomic E-state index is 12.2. The second-order valence-corrected chi connectivity index (χ2v) is 4.47. The highest BCUT2D eigenvalue weighted by atomic mass is 35.5. The van der Waals surface area contributed by atoms with Crippen LogP contribution in [0.2, 0.25) is 0 Å². The molecule has 1 aliphatic rings. The Hall–Kier alpha value is -1.06. The molecule has 94 valence electrons. The molecule has 0 spiro atoms. The zero-order valence-corrected chi connectivity index (χ0v) is 10.9. The lowest BCUT2D eigenvalue weighted by molar-refractivity contribution is 0.0708. The number of hydrogen-bond acceptors (Lipinski definition) is 2. The normalized spacial score (nSPS) is 19.6. The molecule has 1 unspecified atom stereocenters. The van der Waals surface area contributed by atoms with Crippen LogP contribution in [0.15, 0.2) is 24.3 Å². The van der Waals surface area contributed by atoms with E-state index < -0.39 is 0 Å². The predicted molar refractivity (Wildman–Crippen MR) is 71.5 cm³/mol. The minimum absolute atomic E-state index is 0. The molecule has 17 heavy (non-hydrogen) atoms. The number of nitrogens with zero attached hydrogens (tertiary/aromatic N) is 1. The van der Waals surface area contributed by atoms with Gasteiger partial charge in [-0.1, -0.05) is 18.2 Å². The number of rotatable bonds is 1. The number of benzene rings is 1. The summed E-state index contributed by atoms with van der Waals surface area (Å²) in [5, 5.41) is 0. The molecule has 1 aromatic carbocycles. The van der Waals surface area contributed by atoms with Crippen LogP contribution in [0.5, 0.6) is 0 Å². The molecule has 1 atom stereocenters. The summed E-state index contributed by atoms with van der Waals surface area (Å²) in [6.45, 7) is 3.49. The standard InChI is InChI=1S/C13H18N2O.ClH/c1-10-5-2-3-7-12(10)13(16)15-8-4-6-11(14)9-15;/h2-3,5,7,11H,4,6,8-9,14H2,1H3;1H. The fourth-order valence-electron chi connectivity index (χ4n) is 2.18. The summed E-state index contributed by atoms with van der Waals surface area (Å²) < 4.78 is 0. The zero-order valence-electron chi connectivity index (χ0n) is 10.1. The first-order valence-corrected chi connectivity index (χ1v) is 5.79. The smallest absolute Gasteiger partial charge is 0.254 e. The molecule has 1 aromatic rings. The molecule has 1 saturated heterocycles. The monoisotopic (exact) mass is 254 g/mol. The first kappa shape index (κ1) is 14.0. The van der Waals surface area contributed by atoms with Gasteiger partial charge in [-0.25, -0.2) is 0 Å². The van der Waals surface area contributed by atoms with Crippen LogP contribution >= 0.6 is 12.4 Å². The van der Waals surface area contributed by atoms with E-state index in [-0.39, 0.29) is 24.4 Å². The summed E-state index contributed by atoms with van der Waals surface area (Å²) in [5.41, 5.74) is 7.72. The minimum Gasteiger partial charge on any atom is -0.337 e. The van der Waals surface area contributed by atoms with E-state index >= 15 is 0 Å². The number of halogens is 1. The lowest BCUT2D eigenvalue weighted by Gasteiger charge is -2.31. The highest BCUT2D eigenvalue weighted by Gasteiger charge is 2.22. The summed E-state index contributed by atoms with van der Waals surface area (Å²) in [4.78, 5) is 14.1. The lowest BCUT2D eigenvalue weighted by atomic mass is 10.0. The van der Waals surface area contributed by atoms with Gasteiger partial charge in [0, 0.05) is 24.7 Å². The average molecular weight is 255 g/mol. The van der Waals surface area contributed by atoms with Crippen molar-refractivity contribution in [2.24, 2.45) is 5.73 Å². The topological polar surface area (TPSA) is 46.3 Å². The second kappa shape index (κ2) is 6.03. The molecule has 1 fully saturated rings. The van der Waals surface area contributed by atoms with Crippen molar-refractivity contribution >= 4 is 18.3 Å². The summed E-state index contributed by atoms with van der Waals surface area (Å²) in [7, 11) is 0. The fraction of sp³-hybridized carbons (Fsp3) is 0.462. The van der Waals surface area contributed by atoms with Crippen LogP contribution in [0.4, 0.5) is 0 Å². The van der Waals surface area contributed by atoms with Crippen molar-refractivity contribution in [2.75, 3.05) is 13.1 Å². The van der Waals surface area contributed by atoms with Gasteiger partial charge in [0.05, 0.1) is 0 Å². The molecule has 1 heterocycles. The number of piperidine rings is 1. The van der Waals surface area contributed by atoms with Crippen LogP contribution in [-0.4, -0.2) is 29.9 Å². The summed E-state index contributed by atoms with van der Waals surface area (Å²) >= 11 is 0. The predicted octanol–water partition coefficient (Wildman–Crippen LogP) is 1.98. The number of carbonyl (C=O) groups excluding carboxylic acids is 1. The Bertz CT molecular complexity index is 395. The van der Waals surface area contributed by atoms with Crippen molar-refractivity contribution in [3.05, 3.63) is 35.4 Å². The maximum Gasteiger partial charge on any atom is 0.254 e. The van der Waals surface area contributed by atoms with E-state index in [9.17, 15) is 4.79 Å². The van der Waals surface area contributed by atoms with E-state index in [1.165, 1.54) is 0 Å². The Morgan fingerprint density at radius 3 is 2.76 bits per heavy atom. The third-order valence-electron chi connectivity index (χ3n) is 3.12. The molecular formula is C13H19ClN2O. The number of carbonyl (C=O) groups is 1. The van der Waals surface area contributed by atoms with E-state index in [0.717, 1.165) is 30.5 Å². The van der Waals surface area contributed by atoms with Gasteiger partial charge in [-0.05, 0) is 31.4 Å². The number of likely N-dealkylation sites (tertiary alicyclic amines) is 1. The SMILES string of the molecule is Cc1ccccc1C(=O)N1CCCC(N)C1.Cl. The van der Waals surface area contributed by atoms with E-state index in [2.05, 4.69) is 0 Å². The molecule has 1 amide bonds. The van der Waals surface area contributed by atoms with Gasteiger partial charge in [-0.2, -0.15) is 0 Å². The van der Waals surface area contributed by atoms with Crippen LogP contribution in [0, 0.1) is 6.92 Å². The maximum atomic E-state index is 12.2. The minimum atomic E-state index is 0. The Kier molecular flexibility index (Phi) is 4.97. The van der Waals surface area contributed by atoms with Gasteiger partial charge < -0.3 is 10.6 Å². The lowest BCUT2D eigenvalue weighted by Crippen LogP contribution is -2.45. The number of amides is 1. The molecule has 2 rings (SSSR count). The molecule has 3 nitrogen and oxygen atoms in total. The zero-order chi connectivity index (χ0) is 11.5. The van der Waals surface area contributed by atoms with Crippen LogP contribution in [0.25, 0.3) is 0 Å². The van der Waals surface area contributed by atoms with Crippen molar-refractivity contribution in [3.8, 4) is 0 Å². The van der Waals surface area contributed by atoms with Crippen molar-refractivity contribution < 1.29 is 4.79 Å². The molecule has 0 bridgehead atoms. The summed E-state index contributed by atoms with van der Waals surface area (Å²) in [6.07, 6.45) is 2.04. The average Bonchev–Trinajstić information content (AvgIpc) is 2.29. The van der Waals surface area contributed by atoms with Crippen molar-refractivity contribution in [3.63, 3.8) is 0 Å². The summed E-state index contributed by atoms with van der Waals surface area (Å²) in [5.74, 6) is 0.119. The molecule has 4 heteroatoms. The molecule has 0 aromatic heterocycles. The molecule has 0 radical (unpaired) electrons. The van der Waals surface area contributed by atoms with Crippen LogP contribution < -0.4 is 5.73 Å². The van der Waals surface area contributed by atoms with Gasteiger partial charge >= 0.3 is 0 Å². The van der Waals surface area contributed by atoms with Crippen LogP contribution in [0.3, 0.4) is 0 Å².